The zero-order valence-electron chi connectivity index (χ0n) is 16.5. The fourth-order valence-corrected chi connectivity index (χ4v) is 7.82. The number of rotatable bonds is 5. The molecule has 0 saturated heterocycles. The van der Waals surface area contributed by atoms with Gasteiger partial charge in [0.15, 0.2) is 11.1 Å². The zero-order valence-corrected chi connectivity index (χ0v) is 19.8. The second kappa shape index (κ2) is 8.94. The molecule has 0 saturated carbocycles. The molecule has 2 heterocycles. The highest BCUT2D eigenvalue weighted by Gasteiger charge is 2.68. The van der Waals surface area contributed by atoms with Crippen molar-refractivity contribution in [3.63, 3.8) is 0 Å². The molecule has 0 amide bonds. The van der Waals surface area contributed by atoms with Crippen molar-refractivity contribution in [3.05, 3.63) is 71.8 Å². The SMILES string of the molecule is CCSC1=NC(c2ccccc2)(C2(c3ccccc3)N=C(SCC)SC2=O)C(=O)S1. The summed E-state index contributed by atoms with van der Waals surface area (Å²) in [5, 5.41) is -0.317. The van der Waals surface area contributed by atoms with Crippen LogP contribution in [0, 0.1) is 0 Å². The van der Waals surface area contributed by atoms with Crippen LogP contribution in [-0.2, 0) is 20.7 Å². The first-order valence-electron chi connectivity index (χ1n) is 9.59. The first kappa shape index (κ1) is 21.7. The van der Waals surface area contributed by atoms with Crippen LogP contribution in [0.2, 0.25) is 0 Å². The van der Waals surface area contributed by atoms with Crippen LogP contribution >= 0.6 is 47.0 Å². The van der Waals surface area contributed by atoms with Gasteiger partial charge in [-0.3, -0.25) is 9.59 Å². The van der Waals surface area contributed by atoms with Crippen LogP contribution in [0.15, 0.2) is 70.6 Å². The van der Waals surface area contributed by atoms with Crippen molar-refractivity contribution >= 4 is 66.0 Å². The molecule has 0 spiro atoms. The van der Waals surface area contributed by atoms with Crippen LogP contribution < -0.4 is 0 Å². The second-order valence-electron chi connectivity index (χ2n) is 6.55. The number of nitrogens with zero attached hydrogens (tertiary/aromatic N) is 2. The molecule has 2 unspecified atom stereocenters. The predicted octanol–water partition coefficient (Wildman–Crippen LogP) is 5.54. The van der Waals surface area contributed by atoms with Gasteiger partial charge in [-0.05, 0) is 46.2 Å². The molecule has 0 fully saturated rings. The normalized spacial score (nSPS) is 26.1. The maximum Gasteiger partial charge on any atom is 0.231 e. The summed E-state index contributed by atoms with van der Waals surface area (Å²) in [7, 11) is 0. The summed E-state index contributed by atoms with van der Waals surface area (Å²) in [5.41, 5.74) is -1.48. The Morgan fingerprint density at radius 2 is 1.07 bits per heavy atom. The Kier molecular flexibility index (Phi) is 6.48. The number of carbonyl (C=O) groups is 2. The largest absolute Gasteiger partial charge is 0.283 e. The Labute approximate surface area is 193 Å². The molecule has 2 atom stereocenters. The molecule has 0 aromatic heterocycles. The van der Waals surface area contributed by atoms with Crippen LogP contribution in [0.25, 0.3) is 0 Å². The van der Waals surface area contributed by atoms with Crippen molar-refractivity contribution in [2.75, 3.05) is 11.5 Å². The summed E-state index contributed by atoms with van der Waals surface area (Å²) >= 11 is 5.30. The van der Waals surface area contributed by atoms with Crippen LogP contribution in [0.1, 0.15) is 25.0 Å². The average Bonchev–Trinajstić information content (AvgIpc) is 3.27. The second-order valence-corrected chi connectivity index (χ2v) is 11.5. The summed E-state index contributed by atoms with van der Waals surface area (Å²) in [4.78, 5) is 37.5. The standard InChI is InChI=1S/C22H20N2O2S4/c1-3-27-19-23-21(17(25)29-19,15-11-7-5-8-12-15)22(16-13-9-6-10-14-16)18(26)30-20(24-22)28-4-2/h5-14H,3-4H2,1-2H3. The Morgan fingerprint density at radius 1 is 0.700 bits per heavy atom. The summed E-state index contributed by atoms with van der Waals surface area (Å²) in [6.45, 7) is 4.05. The van der Waals surface area contributed by atoms with E-state index in [1.807, 2.05) is 74.5 Å². The molecule has 2 aliphatic rings. The number of hydrogen-bond donors (Lipinski definition) is 0. The van der Waals surface area contributed by atoms with E-state index in [2.05, 4.69) is 0 Å². The molecule has 0 N–H and O–H groups in total. The monoisotopic (exact) mass is 472 g/mol. The van der Waals surface area contributed by atoms with Gasteiger partial charge in [0.1, 0.15) is 8.75 Å². The number of hydrogen-bond acceptors (Lipinski definition) is 8. The number of carbonyl (C=O) groups excluding carboxylic acids is 2. The first-order valence-corrected chi connectivity index (χ1v) is 13.2. The van der Waals surface area contributed by atoms with E-state index in [4.69, 9.17) is 9.98 Å². The smallest absolute Gasteiger partial charge is 0.231 e. The van der Waals surface area contributed by atoms with Gasteiger partial charge in [-0.1, -0.05) is 98.0 Å². The number of thioether (sulfide) groups is 4. The van der Waals surface area contributed by atoms with E-state index in [0.717, 1.165) is 35.0 Å². The molecule has 0 radical (unpaired) electrons. The molecule has 154 valence electrons. The molecule has 8 heteroatoms. The summed E-state index contributed by atoms with van der Waals surface area (Å²) in [5.74, 6) is 1.59. The molecule has 4 rings (SSSR count). The van der Waals surface area contributed by atoms with Crippen molar-refractivity contribution < 1.29 is 9.59 Å². The number of aliphatic imine (C=N–C) groups is 2. The topological polar surface area (TPSA) is 58.9 Å². The average molecular weight is 473 g/mol. The zero-order chi connectivity index (χ0) is 21.2. The molecule has 0 aliphatic carbocycles. The Balaban J connectivity index is 2.06. The van der Waals surface area contributed by atoms with Gasteiger partial charge in [-0.15, -0.1) is 0 Å². The first-order chi connectivity index (χ1) is 14.6. The Morgan fingerprint density at radius 3 is 1.40 bits per heavy atom. The van der Waals surface area contributed by atoms with Crippen LogP contribution in [0.5, 0.6) is 0 Å². The molecule has 0 bridgehead atoms. The molecule has 4 nitrogen and oxygen atoms in total. The van der Waals surface area contributed by atoms with Crippen molar-refractivity contribution in [3.8, 4) is 0 Å². The lowest BCUT2D eigenvalue weighted by Crippen LogP contribution is -2.52. The highest BCUT2D eigenvalue weighted by Crippen LogP contribution is 2.58. The summed E-state index contributed by atoms with van der Waals surface area (Å²) in [6.07, 6.45) is 0. The van der Waals surface area contributed by atoms with Crippen molar-refractivity contribution in [1.82, 2.24) is 0 Å². The van der Waals surface area contributed by atoms with E-state index in [0.29, 0.717) is 19.9 Å². The molecule has 30 heavy (non-hydrogen) atoms. The summed E-state index contributed by atoms with van der Waals surface area (Å²) in [6, 6.07) is 18.8. The van der Waals surface area contributed by atoms with Gasteiger partial charge < -0.3 is 0 Å². The van der Waals surface area contributed by atoms with Gasteiger partial charge in [0.2, 0.25) is 10.2 Å². The Bertz CT molecular complexity index is 942. The molecule has 2 aromatic rings. The lowest BCUT2D eigenvalue weighted by molar-refractivity contribution is -0.126. The van der Waals surface area contributed by atoms with Gasteiger partial charge in [-0.2, -0.15) is 0 Å². The minimum Gasteiger partial charge on any atom is -0.283 e. The van der Waals surface area contributed by atoms with Crippen LogP contribution in [0.4, 0.5) is 0 Å². The van der Waals surface area contributed by atoms with Gasteiger partial charge in [0.25, 0.3) is 0 Å². The lowest BCUT2D eigenvalue weighted by Gasteiger charge is -2.38. The quantitative estimate of drug-likeness (QED) is 0.569. The van der Waals surface area contributed by atoms with Crippen molar-refractivity contribution in [1.29, 1.82) is 0 Å². The maximum atomic E-state index is 13.8. The third-order valence-electron chi connectivity index (χ3n) is 4.91. The molecule has 2 aromatic carbocycles. The lowest BCUT2D eigenvalue weighted by atomic mass is 9.70. The molecule has 2 aliphatic heterocycles. The van der Waals surface area contributed by atoms with E-state index >= 15 is 0 Å². The third kappa shape index (κ3) is 3.38. The van der Waals surface area contributed by atoms with Crippen LogP contribution in [-0.4, -0.2) is 30.5 Å². The molecular weight excluding hydrogens is 453 g/mol. The van der Waals surface area contributed by atoms with Gasteiger partial charge in [-0.25, -0.2) is 9.98 Å². The van der Waals surface area contributed by atoms with Gasteiger partial charge in [0, 0.05) is 0 Å². The van der Waals surface area contributed by atoms with Gasteiger partial charge >= 0.3 is 0 Å². The van der Waals surface area contributed by atoms with Crippen molar-refractivity contribution in [2.45, 2.75) is 24.9 Å². The number of benzene rings is 2. The fraction of sp³-hybridized carbons (Fsp3) is 0.273. The molecular formula is C22H20N2O2S4. The summed E-state index contributed by atoms with van der Waals surface area (Å²) < 4.78 is 1.37. The minimum atomic E-state index is -1.43. The van der Waals surface area contributed by atoms with E-state index < -0.39 is 11.1 Å². The van der Waals surface area contributed by atoms with E-state index in [9.17, 15) is 9.59 Å². The van der Waals surface area contributed by atoms with Gasteiger partial charge in [0.05, 0.1) is 0 Å². The maximum absolute atomic E-state index is 13.8. The van der Waals surface area contributed by atoms with Crippen LogP contribution in [0.3, 0.4) is 0 Å². The Hall–Kier alpha value is -1.48. The van der Waals surface area contributed by atoms with E-state index in [1.54, 1.807) is 0 Å². The van der Waals surface area contributed by atoms with Crippen molar-refractivity contribution in [2.24, 2.45) is 9.98 Å². The van der Waals surface area contributed by atoms with E-state index in [1.165, 1.54) is 23.5 Å². The van der Waals surface area contributed by atoms with E-state index in [-0.39, 0.29) is 10.2 Å². The fourth-order valence-electron chi connectivity index (χ4n) is 3.69. The predicted molar refractivity (Wildman–Crippen MR) is 133 cm³/mol. The third-order valence-corrected chi connectivity index (χ3v) is 8.87. The minimum absolute atomic E-state index is 0.158. The highest BCUT2D eigenvalue weighted by atomic mass is 32.2. The highest BCUT2D eigenvalue weighted by molar-refractivity contribution is 8.46.